The van der Waals surface area contributed by atoms with E-state index in [2.05, 4.69) is 15.0 Å². The summed E-state index contributed by atoms with van der Waals surface area (Å²) in [5.41, 5.74) is 1.45. The monoisotopic (exact) mass is 445 g/mol. The molecule has 1 atom stereocenters. The number of rotatable bonds is 7. The molecule has 1 saturated heterocycles. The summed E-state index contributed by atoms with van der Waals surface area (Å²) in [5, 5.41) is 2.90. The number of anilines is 1. The first-order valence-corrected chi connectivity index (χ1v) is 11.0. The fourth-order valence-electron chi connectivity index (χ4n) is 3.16. The van der Waals surface area contributed by atoms with Gasteiger partial charge in [0.2, 0.25) is 11.8 Å². The van der Waals surface area contributed by atoms with Crippen molar-refractivity contribution in [1.82, 2.24) is 9.88 Å². The number of likely N-dealkylation sites (tertiary alicyclic amines) is 1. The molecule has 1 aromatic carbocycles. The molecule has 1 aliphatic heterocycles. The van der Waals surface area contributed by atoms with E-state index in [0.29, 0.717) is 24.5 Å². The van der Waals surface area contributed by atoms with E-state index in [1.165, 1.54) is 30.2 Å². The van der Waals surface area contributed by atoms with Crippen LogP contribution in [0.3, 0.4) is 0 Å². The first-order valence-electron chi connectivity index (χ1n) is 9.23. The molecule has 3 heterocycles. The van der Waals surface area contributed by atoms with Crippen molar-refractivity contribution in [2.45, 2.75) is 17.3 Å². The molecule has 10 heteroatoms. The van der Waals surface area contributed by atoms with Crippen LogP contribution >= 0.6 is 23.1 Å². The molecule has 156 valence electrons. The molecular formula is C20H19N3O5S2. The topological polar surface area (TPSA) is 102 Å². The molecule has 1 unspecified atom stereocenters. The van der Waals surface area contributed by atoms with Crippen LogP contribution in [0, 0.1) is 5.92 Å². The summed E-state index contributed by atoms with van der Waals surface area (Å²) in [6.07, 6.45) is 1.75. The number of carbonyl (C=O) groups excluding carboxylic acids is 3. The normalized spacial score (nSPS) is 16.2. The molecule has 1 aliphatic rings. The molecule has 0 radical (unpaired) electrons. The van der Waals surface area contributed by atoms with Gasteiger partial charge in [-0.2, -0.15) is 0 Å². The largest absolute Gasteiger partial charge is 0.468 e. The van der Waals surface area contributed by atoms with E-state index in [-0.39, 0.29) is 30.0 Å². The number of carbonyl (C=O) groups is 3. The molecule has 2 aromatic heterocycles. The summed E-state index contributed by atoms with van der Waals surface area (Å²) < 4.78 is 11.6. The van der Waals surface area contributed by atoms with Crippen molar-refractivity contribution >= 4 is 56.8 Å². The zero-order valence-electron chi connectivity index (χ0n) is 16.1. The Morgan fingerprint density at radius 1 is 1.40 bits per heavy atom. The number of ether oxygens (including phenoxy) is 1. The van der Waals surface area contributed by atoms with E-state index in [1.807, 2.05) is 18.2 Å². The van der Waals surface area contributed by atoms with Gasteiger partial charge in [0, 0.05) is 18.7 Å². The van der Waals surface area contributed by atoms with Crippen molar-refractivity contribution < 1.29 is 23.5 Å². The van der Waals surface area contributed by atoms with Crippen LogP contribution < -0.4 is 5.32 Å². The molecule has 0 spiro atoms. The van der Waals surface area contributed by atoms with Gasteiger partial charge in [-0.3, -0.25) is 14.4 Å². The maximum Gasteiger partial charge on any atom is 0.316 e. The smallest absolute Gasteiger partial charge is 0.316 e. The van der Waals surface area contributed by atoms with Crippen molar-refractivity contribution in [3.8, 4) is 0 Å². The highest BCUT2D eigenvalue weighted by molar-refractivity contribution is 8.01. The minimum absolute atomic E-state index is 0.0586. The van der Waals surface area contributed by atoms with Crippen molar-refractivity contribution in [2.75, 3.05) is 24.7 Å². The van der Waals surface area contributed by atoms with Gasteiger partial charge in [-0.15, -0.1) is 11.3 Å². The number of esters is 1. The molecule has 4 rings (SSSR count). The highest BCUT2D eigenvalue weighted by Gasteiger charge is 2.34. The van der Waals surface area contributed by atoms with E-state index in [0.717, 1.165) is 14.6 Å². The third-order valence-electron chi connectivity index (χ3n) is 4.69. The van der Waals surface area contributed by atoms with E-state index in [9.17, 15) is 14.4 Å². The van der Waals surface area contributed by atoms with Gasteiger partial charge in [0.15, 0.2) is 4.34 Å². The summed E-state index contributed by atoms with van der Waals surface area (Å²) in [5.74, 6) is -0.0632. The van der Waals surface area contributed by atoms with Crippen LogP contribution in [0.15, 0.2) is 45.4 Å². The third kappa shape index (κ3) is 4.65. The first-order chi connectivity index (χ1) is 14.5. The van der Waals surface area contributed by atoms with Gasteiger partial charge < -0.3 is 19.4 Å². The second-order valence-electron chi connectivity index (χ2n) is 6.77. The second-order valence-corrected chi connectivity index (χ2v) is 9.02. The van der Waals surface area contributed by atoms with Crippen LogP contribution in [0.4, 0.5) is 5.69 Å². The number of aromatic nitrogens is 1. The Morgan fingerprint density at radius 2 is 2.27 bits per heavy atom. The summed E-state index contributed by atoms with van der Waals surface area (Å²) in [4.78, 5) is 42.3. The molecule has 0 saturated carbocycles. The number of hydrogen-bond acceptors (Lipinski definition) is 8. The molecule has 3 aromatic rings. The van der Waals surface area contributed by atoms with Crippen LogP contribution in [0.2, 0.25) is 0 Å². The molecule has 1 fully saturated rings. The van der Waals surface area contributed by atoms with Crippen molar-refractivity contribution in [3.63, 3.8) is 0 Å². The minimum atomic E-state index is -0.407. The number of nitrogens with zero attached hydrogens (tertiary/aromatic N) is 2. The van der Waals surface area contributed by atoms with Crippen LogP contribution in [-0.2, 0) is 25.7 Å². The van der Waals surface area contributed by atoms with Crippen LogP contribution in [0.5, 0.6) is 0 Å². The number of benzene rings is 1. The zero-order chi connectivity index (χ0) is 21.1. The molecule has 1 N–H and O–H groups in total. The highest BCUT2D eigenvalue weighted by atomic mass is 32.2. The van der Waals surface area contributed by atoms with E-state index >= 15 is 0 Å². The van der Waals surface area contributed by atoms with E-state index in [1.54, 1.807) is 23.3 Å². The summed E-state index contributed by atoms with van der Waals surface area (Å²) in [6, 6.07) is 9.04. The molecule has 30 heavy (non-hydrogen) atoms. The summed E-state index contributed by atoms with van der Waals surface area (Å²) in [6.45, 7) is 0.733. The Morgan fingerprint density at radius 3 is 3.03 bits per heavy atom. The second kappa shape index (κ2) is 8.88. The van der Waals surface area contributed by atoms with Gasteiger partial charge in [-0.05, 0) is 30.3 Å². The van der Waals surface area contributed by atoms with Crippen LogP contribution in [-0.4, -0.2) is 47.1 Å². The van der Waals surface area contributed by atoms with E-state index < -0.39 is 5.92 Å². The lowest BCUT2D eigenvalue weighted by atomic mass is 10.1. The number of thiazole rings is 1. The molecular weight excluding hydrogens is 426 g/mol. The Balaban J connectivity index is 1.38. The Hall–Kier alpha value is -2.85. The lowest BCUT2D eigenvalue weighted by molar-refractivity contribution is -0.137. The average molecular weight is 446 g/mol. The quantitative estimate of drug-likeness (QED) is 0.440. The van der Waals surface area contributed by atoms with Crippen molar-refractivity contribution in [2.24, 2.45) is 5.92 Å². The maximum absolute atomic E-state index is 12.7. The Labute approximate surface area is 180 Å². The predicted molar refractivity (Wildman–Crippen MR) is 113 cm³/mol. The molecule has 8 nitrogen and oxygen atoms in total. The Kier molecular flexibility index (Phi) is 6.05. The fourth-order valence-corrected chi connectivity index (χ4v) is 5.10. The van der Waals surface area contributed by atoms with Crippen LogP contribution in [0.25, 0.3) is 10.2 Å². The Bertz CT molecular complexity index is 1080. The first kappa shape index (κ1) is 20.4. The minimum Gasteiger partial charge on any atom is -0.468 e. The van der Waals surface area contributed by atoms with Crippen molar-refractivity contribution in [1.29, 1.82) is 0 Å². The standard InChI is InChI=1S/C20H19N3O5S2/c1-27-18(25)11-29-20-22-15-5-4-13(8-16(15)30-20)21-19(26)12-7-17(24)23(9-12)10-14-3-2-6-28-14/h2-6,8,12H,7,9-11H2,1H3,(H,21,26). The van der Waals surface area contributed by atoms with Crippen molar-refractivity contribution in [3.05, 3.63) is 42.4 Å². The molecule has 2 amide bonds. The number of hydrogen-bond donors (Lipinski definition) is 1. The number of amides is 2. The van der Waals surface area contributed by atoms with E-state index in [4.69, 9.17) is 4.42 Å². The summed E-state index contributed by atoms with van der Waals surface area (Å²) in [7, 11) is 1.35. The summed E-state index contributed by atoms with van der Waals surface area (Å²) >= 11 is 2.76. The maximum atomic E-state index is 12.7. The lowest BCUT2D eigenvalue weighted by Gasteiger charge is -2.15. The fraction of sp³-hybridized carbons (Fsp3) is 0.300. The van der Waals surface area contributed by atoms with Gasteiger partial charge in [-0.25, -0.2) is 4.98 Å². The van der Waals surface area contributed by atoms with Gasteiger partial charge in [0.25, 0.3) is 0 Å². The zero-order valence-corrected chi connectivity index (χ0v) is 17.8. The van der Waals surface area contributed by atoms with Gasteiger partial charge >= 0.3 is 5.97 Å². The predicted octanol–water partition coefficient (Wildman–Crippen LogP) is 3.14. The van der Waals surface area contributed by atoms with Crippen LogP contribution in [0.1, 0.15) is 12.2 Å². The molecule has 0 bridgehead atoms. The highest BCUT2D eigenvalue weighted by Crippen LogP contribution is 2.31. The number of thioether (sulfide) groups is 1. The lowest BCUT2D eigenvalue weighted by Crippen LogP contribution is -2.27. The number of furan rings is 1. The van der Waals surface area contributed by atoms with Gasteiger partial charge in [0.05, 0.1) is 41.8 Å². The SMILES string of the molecule is COC(=O)CSc1nc2ccc(NC(=O)C3CC(=O)N(Cc4ccco4)C3)cc2s1. The average Bonchev–Trinajstić information content (AvgIpc) is 3.46. The number of nitrogens with one attached hydrogen (secondary N) is 1. The molecule has 0 aliphatic carbocycles. The number of methoxy groups -OCH3 is 1. The van der Waals surface area contributed by atoms with Gasteiger partial charge in [-0.1, -0.05) is 11.8 Å². The third-order valence-corrected chi connectivity index (χ3v) is 6.82. The van der Waals surface area contributed by atoms with Gasteiger partial charge in [0.1, 0.15) is 5.76 Å². The number of fused-ring (bicyclic) bond motifs is 1.